The summed E-state index contributed by atoms with van der Waals surface area (Å²) in [4.78, 5) is 7.64. The van der Waals surface area contributed by atoms with Gasteiger partial charge in [0.1, 0.15) is 12.0 Å². The topological polar surface area (TPSA) is 58.6 Å². The molecule has 0 bridgehead atoms. The molecule has 2 aromatic heterocycles. The molecule has 0 spiro atoms. The molecule has 1 unspecified atom stereocenters. The lowest BCUT2D eigenvalue weighted by Crippen LogP contribution is -2.35. The number of anilines is 3. The molecule has 12 rings (SSSR count). The van der Waals surface area contributed by atoms with Gasteiger partial charge in [0.25, 0.3) is 0 Å². The van der Waals surface area contributed by atoms with Crippen LogP contribution in [-0.4, -0.2) is 16.9 Å². The highest BCUT2D eigenvalue weighted by molar-refractivity contribution is 7.26. The van der Waals surface area contributed by atoms with Crippen LogP contribution in [0.5, 0.6) is 0 Å². The van der Waals surface area contributed by atoms with Crippen LogP contribution in [0.2, 0.25) is 0 Å². The van der Waals surface area contributed by atoms with Crippen molar-refractivity contribution in [3.63, 3.8) is 0 Å². The van der Waals surface area contributed by atoms with E-state index in [1.165, 1.54) is 70.2 Å². The van der Waals surface area contributed by atoms with E-state index in [1.54, 1.807) is 0 Å². The predicted molar refractivity (Wildman–Crippen MR) is 275 cm³/mol. The van der Waals surface area contributed by atoms with E-state index in [4.69, 9.17) is 10.7 Å². The van der Waals surface area contributed by atoms with Gasteiger partial charge in [0.15, 0.2) is 0 Å². The van der Waals surface area contributed by atoms with Crippen LogP contribution in [0.1, 0.15) is 30.1 Å². The van der Waals surface area contributed by atoms with Gasteiger partial charge in [-0.3, -0.25) is 4.99 Å². The Morgan fingerprint density at radius 1 is 0.615 bits per heavy atom. The van der Waals surface area contributed by atoms with E-state index < -0.39 is 6.17 Å². The van der Waals surface area contributed by atoms with E-state index in [2.05, 4.69) is 227 Å². The van der Waals surface area contributed by atoms with E-state index in [0.29, 0.717) is 6.54 Å². The molecule has 5 nitrogen and oxygen atoms in total. The van der Waals surface area contributed by atoms with Crippen molar-refractivity contribution in [2.24, 2.45) is 10.7 Å². The molecule has 65 heavy (non-hydrogen) atoms. The normalized spacial score (nSPS) is 13.9. The molecular weight excluding hydrogens is 811 g/mol. The number of benzene rings is 8. The monoisotopic (exact) mass is 855 g/mol. The third kappa shape index (κ3) is 6.86. The number of rotatable bonds is 8. The van der Waals surface area contributed by atoms with Crippen molar-refractivity contribution in [1.82, 2.24) is 9.88 Å². The van der Waals surface area contributed by atoms with Gasteiger partial charge in [-0.15, -0.1) is 11.3 Å². The van der Waals surface area contributed by atoms with Crippen molar-refractivity contribution in [3.8, 4) is 39.2 Å². The zero-order chi connectivity index (χ0) is 43.3. The Kier molecular flexibility index (Phi) is 9.81. The lowest BCUT2D eigenvalue weighted by molar-refractivity contribution is 0.679. The number of nitrogens with zero attached hydrogens (tertiary/aromatic N) is 3. The molecule has 0 fully saturated rings. The van der Waals surface area contributed by atoms with E-state index in [9.17, 15) is 0 Å². The summed E-state index contributed by atoms with van der Waals surface area (Å²) < 4.78 is 5.04. The Bertz CT molecular complexity index is 3500. The van der Waals surface area contributed by atoms with E-state index in [0.717, 1.165) is 52.6 Å². The summed E-state index contributed by atoms with van der Waals surface area (Å²) in [5.74, 6) is 0.769. The average Bonchev–Trinajstić information content (AvgIpc) is 3.89. The first-order chi connectivity index (χ1) is 32.2. The fourth-order valence-corrected chi connectivity index (χ4v) is 11.0. The lowest BCUT2D eigenvalue weighted by Gasteiger charge is -2.28. The Hall–Kier alpha value is -7.77. The minimum Gasteiger partial charge on any atom is -0.351 e. The zero-order valence-corrected chi connectivity index (χ0v) is 36.5. The number of hydrogen-bond donors (Lipinski definition) is 2. The highest BCUT2D eigenvalue weighted by Gasteiger charge is 2.31. The first-order valence-corrected chi connectivity index (χ1v) is 23.2. The van der Waals surface area contributed by atoms with Crippen LogP contribution in [0.4, 0.5) is 17.1 Å². The molecule has 8 aromatic carbocycles. The second-order valence-electron chi connectivity index (χ2n) is 16.8. The van der Waals surface area contributed by atoms with Gasteiger partial charge in [-0.2, -0.15) is 0 Å². The maximum Gasteiger partial charge on any atom is 0.130 e. The van der Waals surface area contributed by atoms with Crippen molar-refractivity contribution >= 4 is 65.3 Å². The van der Waals surface area contributed by atoms with Gasteiger partial charge in [-0.1, -0.05) is 152 Å². The largest absolute Gasteiger partial charge is 0.351 e. The molecule has 0 radical (unpaired) electrons. The molecule has 0 saturated carbocycles. The predicted octanol–water partition coefficient (Wildman–Crippen LogP) is 15.1. The molecule has 1 atom stereocenters. The molecule has 312 valence electrons. The van der Waals surface area contributed by atoms with Gasteiger partial charge in [-0.25, -0.2) is 0 Å². The maximum atomic E-state index is 7.04. The molecule has 1 aliphatic heterocycles. The Morgan fingerprint density at radius 3 is 2.09 bits per heavy atom. The fraction of sp³-hybridized carbons (Fsp3) is 0.0678. The van der Waals surface area contributed by atoms with Gasteiger partial charge in [0, 0.05) is 59.2 Å². The maximum absolute atomic E-state index is 7.04. The molecule has 0 saturated heterocycles. The zero-order valence-electron chi connectivity index (χ0n) is 35.7. The second kappa shape index (κ2) is 16.4. The molecule has 10 aromatic rings. The number of para-hydroxylation sites is 4. The number of allylic oxidation sites excluding steroid dienone is 3. The molecule has 6 heteroatoms. The number of amidine groups is 1. The van der Waals surface area contributed by atoms with Crippen molar-refractivity contribution < 1.29 is 0 Å². The summed E-state index contributed by atoms with van der Waals surface area (Å²) in [6.45, 7) is 0.600. The molecular formula is C59H45N5S. The van der Waals surface area contributed by atoms with Crippen LogP contribution in [0.15, 0.2) is 223 Å². The number of hydrogen-bond acceptors (Lipinski definition) is 4. The molecule has 1 aliphatic carbocycles. The second-order valence-corrected chi connectivity index (χ2v) is 17.9. The van der Waals surface area contributed by atoms with E-state index in [-0.39, 0.29) is 0 Å². The lowest BCUT2D eigenvalue weighted by atomic mass is 9.98. The summed E-state index contributed by atoms with van der Waals surface area (Å²) >= 11 is 1.85. The summed E-state index contributed by atoms with van der Waals surface area (Å²) in [6.07, 6.45) is 8.11. The molecule has 0 amide bonds. The van der Waals surface area contributed by atoms with Crippen molar-refractivity contribution in [1.29, 1.82) is 0 Å². The van der Waals surface area contributed by atoms with Gasteiger partial charge >= 0.3 is 0 Å². The number of nitrogens with two attached hydrogens (primary N) is 1. The van der Waals surface area contributed by atoms with Crippen LogP contribution >= 0.6 is 11.3 Å². The van der Waals surface area contributed by atoms with Gasteiger partial charge in [-0.05, 0) is 95.8 Å². The molecule has 3 heterocycles. The number of nitrogens with one attached hydrogen (secondary N) is 1. The highest BCUT2D eigenvalue weighted by Crippen LogP contribution is 2.54. The van der Waals surface area contributed by atoms with Gasteiger partial charge < -0.3 is 20.5 Å². The first kappa shape index (κ1) is 38.9. The van der Waals surface area contributed by atoms with Crippen LogP contribution in [0.3, 0.4) is 0 Å². The summed E-state index contributed by atoms with van der Waals surface area (Å²) in [6, 6.07) is 69.9. The summed E-state index contributed by atoms with van der Waals surface area (Å²) in [5, 5.41) is 7.48. The number of aliphatic imine (C=N–C) groups is 1. The van der Waals surface area contributed by atoms with Crippen molar-refractivity contribution in [2.75, 3.05) is 11.4 Å². The number of thiophene rings is 1. The van der Waals surface area contributed by atoms with Crippen molar-refractivity contribution in [2.45, 2.75) is 19.0 Å². The Balaban J connectivity index is 0.908. The minimum absolute atomic E-state index is 0.476. The quantitative estimate of drug-likeness (QED) is 0.0909. The van der Waals surface area contributed by atoms with Gasteiger partial charge in [0.05, 0.1) is 29.1 Å². The number of fused-ring (bicyclic) bond motifs is 10. The van der Waals surface area contributed by atoms with Crippen LogP contribution in [0.25, 0.3) is 70.3 Å². The van der Waals surface area contributed by atoms with E-state index >= 15 is 0 Å². The van der Waals surface area contributed by atoms with Crippen LogP contribution < -0.4 is 16.0 Å². The Morgan fingerprint density at radius 2 is 1.29 bits per heavy atom. The summed E-state index contributed by atoms with van der Waals surface area (Å²) in [5.41, 5.74) is 23.1. The van der Waals surface area contributed by atoms with Crippen molar-refractivity contribution in [3.05, 3.63) is 229 Å². The standard InChI is InChI=1S/C59H45N5S/c60-58(41-32-30-40(31-33-41)45-24-15-25-47-46-20-10-14-29-54(46)65-57(45)47)62-59(61-38-39-16-3-1-4-17-39)42-34-36-44(37-35-42)63-51-26-11-7-21-48(51)55-49-22-8-12-27-52(49)64(43-18-5-2-6-19-43)56(55)50-23-9-13-28-53(50)63/h1-3,5-16,18-37,58H,4,17,38,60H2,(H,61,62). The molecule has 2 aliphatic rings. The fourth-order valence-electron chi connectivity index (χ4n) is 9.80. The third-order valence-electron chi connectivity index (χ3n) is 12.9. The smallest absolute Gasteiger partial charge is 0.130 e. The summed E-state index contributed by atoms with van der Waals surface area (Å²) in [7, 11) is 0. The van der Waals surface area contributed by atoms with Gasteiger partial charge in [0.2, 0.25) is 0 Å². The number of aromatic nitrogens is 1. The third-order valence-corrected chi connectivity index (χ3v) is 14.1. The average molecular weight is 856 g/mol. The molecule has 3 N–H and O–H groups in total. The highest BCUT2D eigenvalue weighted by atomic mass is 32.1. The SMILES string of the molecule is NC(N/C(=N\CC1=CC=CCC1)c1ccc(N2c3ccccc3-c3c(n(-c4ccccc4)c4ccccc34)-c3ccccc32)cc1)c1ccc(-c2cccc3c2sc2ccccc23)cc1. The minimum atomic E-state index is -0.476. The van der Waals surface area contributed by atoms with E-state index in [1.807, 2.05) is 11.3 Å². The van der Waals surface area contributed by atoms with Crippen LogP contribution in [0, 0.1) is 0 Å². The first-order valence-electron chi connectivity index (χ1n) is 22.4. The Labute approximate surface area is 382 Å². The van der Waals surface area contributed by atoms with Crippen LogP contribution in [-0.2, 0) is 0 Å².